The fraction of sp³-hybridized carbons (Fsp3) is 0.529. The molecule has 1 aromatic carbocycles. The summed E-state index contributed by atoms with van der Waals surface area (Å²) in [5.41, 5.74) is 0.225. The molecule has 0 radical (unpaired) electrons. The molecule has 1 aliphatic rings. The molecule has 1 fully saturated rings. The van der Waals surface area contributed by atoms with Crippen LogP contribution in [0, 0.1) is 11.7 Å². The Morgan fingerprint density at radius 2 is 2.00 bits per heavy atom. The van der Waals surface area contributed by atoms with Crippen LogP contribution in [0.5, 0.6) is 0 Å². The number of carbonyl (C=O) groups excluding carboxylic acids is 2. The smallest absolute Gasteiger partial charge is 0.251 e. The topological polar surface area (TPSA) is 49.4 Å². The first-order chi connectivity index (χ1) is 10.6. The molecule has 0 heterocycles. The molecular weight excluding hydrogens is 283 g/mol. The fourth-order valence-corrected chi connectivity index (χ4v) is 2.88. The van der Waals surface area contributed by atoms with Crippen molar-refractivity contribution in [2.75, 3.05) is 20.1 Å². The van der Waals surface area contributed by atoms with Gasteiger partial charge in [-0.25, -0.2) is 4.39 Å². The molecule has 4 nitrogen and oxygen atoms in total. The van der Waals surface area contributed by atoms with Gasteiger partial charge in [-0.15, -0.1) is 0 Å². The van der Waals surface area contributed by atoms with Crippen molar-refractivity contribution in [3.05, 3.63) is 35.6 Å². The van der Waals surface area contributed by atoms with Gasteiger partial charge in [0, 0.05) is 19.2 Å². The average molecular weight is 306 g/mol. The molecule has 0 atom stereocenters. The lowest BCUT2D eigenvalue weighted by Gasteiger charge is -2.27. The van der Waals surface area contributed by atoms with E-state index in [0.29, 0.717) is 5.92 Å². The number of benzene rings is 1. The minimum absolute atomic E-state index is 0.0570. The summed E-state index contributed by atoms with van der Waals surface area (Å²) in [6.07, 6.45) is 6.12. The zero-order valence-electron chi connectivity index (χ0n) is 13.0. The van der Waals surface area contributed by atoms with E-state index >= 15 is 0 Å². The van der Waals surface area contributed by atoms with E-state index in [-0.39, 0.29) is 18.0 Å². The molecule has 1 aromatic rings. The molecule has 0 aliphatic heterocycles. The minimum atomic E-state index is -0.464. The van der Waals surface area contributed by atoms with Crippen molar-refractivity contribution in [3.8, 4) is 0 Å². The SMILES string of the molecule is CN(CC1CCCCC1)C(=O)CNC(=O)c1cccc(F)c1. The third kappa shape index (κ3) is 4.83. The summed E-state index contributed by atoms with van der Waals surface area (Å²) in [7, 11) is 1.77. The molecule has 0 unspecified atom stereocenters. The molecule has 2 rings (SSSR count). The zero-order valence-corrected chi connectivity index (χ0v) is 13.0. The highest BCUT2D eigenvalue weighted by atomic mass is 19.1. The van der Waals surface area contributed by atoms with Crippen LogP contribution in [-0.4, -0.2) is 36.9 Å². The number of likely N-dealkylation sites (N-methyl/N-ethyl adjacent to an activating group) is 1. The second kappa shape index (κ2) is 7.92. The molecule has 1 aliphatic carbocycles. The zero-order chi connectivity index (χ0) is 15.9. The van der Waals surface area contributed by atoms with E-state index in [0.717, 1.165) is 12.6 Å². The number of nitrogens with zero attached hydrogens (tertiary/aromatic N) is 1. The van der Waals surface area contributed by atoms with Crippen molar-refractivity contribution >= 4 is 11.8 Å². The number of halogens is 1. The lowest BCUT2D eigenvalue weighted by atomic mass is 9.89. The predicted molar refractivity (Wildman–Crippen MR) is 82.9 cm³/mol. The van der Waals surface area contributed by atoms with Crippen LogP contribution in [-0.2, 0) is 4.79 Å². The van der Waals surface area contributed by atoms with Crippen molar-refractivity contribution in [2.24, 2.45) is 5.92 Å². The Labute approximate surface area is 130 Å². The van der Waals surface area contributed by atoms with Crippen LogP contribution >= 0.6 is 0 Å². The number of rotatable bonds is 5. The third-order valence-corrected chi connectivity index (χ3v) is 4.17. The lowest BCUT2D eigenvalue weighted by molar-refractivity contribution is -0.129. The normalized spacial score (nSPS) is 15.4. The largest absolute Gasteiger partial charge is 0.344 e. The minimum Gasteiger partial charge on any atom is -0.344 e. The Morgan fingerprint density at radius 1 is 1.27 bits per heavy atom. The van der Waals surface area contributed by atoms with Crippen LogP contribution < -0.4 is 5.32 Å². The van der Waals surface area contributed by atoms with Crippen molar-refractivity contribution in [1.29, 1.82) is 0 Å². The molecule has 2 amide bonds. The maximum Gasteiger partial charge on any atom is 0.251 e. The Kier molecular flexibility index (Phi) is 5.92. The van der Waals surface area contributed by atoms with Gasteiger partial charge in [-0.05, 0) is 37.0 Å². The second-order valence-corrected chi connectivity index (χ2v) is 5.97. The first-order valence-corrected chi connectivity index (χ1v) is 7.84. The maximum atomic E-state index is 13.1. The monoisotopic (exact) mass is 306 g/mol. The highest BCUT2D eigenvalue weighted by Gasteiger charge is 2.18. The van der Waals surface area contributed by atoms with Gasteiger partial charge in [-0.1, -0.05) is 25.3 Å². The second-order valence-electron chi connectivity index (χ2n) is 5.97. The lowest BCUT2D eigenvalue weighted by Crippen LogP contribution is -2.40. The van der Waals surface area contributed by atoms with E-state index in [9.17, 15) is 14.0 Å². The Bertz CT molecular complexity index is 527. The number of hydrogen-bond acceptors (Lipinski definition) is 2. The average Bonchev–Trinajstić information content (AvgIpc) is 2.53. The van der Waals surface area contributed by atoms with E-state index in [1.54, 1.807) is 11.9 Å². The molecule has 22 heavy (non-hydrogen) atoms. The van der Waals surface area contributed by atoms with Crippen LogP contribution in [0.2, 0.25) is 0 Å². The van der Waals surface area contributed by atoms with Gasteiger partial charge in [0.15, 0.2) is 0 Å². The Balaban J connectivity index is 1.77. The molecule has 1 saturated carbocycles. The first kappa shape index (κ1) is 16.5. The summed E-state index contributed by atoms with van der Waals surface area (Å²) >= 11 is 0. The van der Waals surface area contributed by atoms with Crippen LogP contribution in [0.3, 0.4) is 0 Å². The van der Waals surface area contributed by atoms with E-state index < -0.39 is 11.7 Å². The van der Waals surface area contributed by atoms with Crippen molar-refractivity contribution in [3.63, 3.8) is 0 Å². The van der Waals surface area contributed by atoms with Gasteiger partial charge in [0.05, 0.1) is 6.54 Å². The summed E-state index contributed by atoms with van der Waals surface area (Å²) in [6.45, 7) is 0.688. The van der Waals surface area contributed by atoms with Gasteiger partial charge >= 0.3 is 0 Å². The molecule has 0 bridgehead atoms. The van der Waals surface area contributed by atoms with Crippen LogP contribution in [0.15, 0.2) is 24.3 Å². The Morgan fingerprint density at radius 3 is 2.68 bits per heavy atom. The Hall–Kier alpha value is -1.91. The van der Waals surface area contributed by atoms with Gasteiger partial charge in [0.1, 0.15) is 5.82 Å². The van der Waals surface area contributed by atoms with Crippen LogP contribution in [0.1, 0.15) is 42.5 Å². The van der Waals surface area contributed by atoms with Gasteiger partial charge in [-0.2, -0.15) is 0 Å². The number of carbonyl (C=O) groups is 2. The summed E-state index contributed by atoms with van der Waals surface area (Å²) in [6, 6.07) is 5.43. The predicted octanol–water partition coefficient (Wildman–Crippen LogP) is 2.59. The summed E-state index contributed by atoms with van der Waals surface area (Å²) in [5.74, 6) is -0.441. The van der Waals surface area contributed by atoms with Crippen LogP contribution in [0.4, 0.5) is 4.39 Å². The van der Waals surface area contributed by atoms with Gasteiger partial charge in [-0.3, -0.25) is 9.59 Å². The van der Waals surface area contributed by atoms with Gasteiger partial charge in [0.25, 0.3) is 5.91 Å². The molecule has 120 valence electrons. The van der Waals surface area contributed by atoms with Crippen molar-refractivity contribution < 1.29 is 14.0 Å². The number of hydrogen-bond donors (Lipinski definition) is 1. The maximum absolute atomic E-state index is 13.1. The quantitative estimate of drug-likeness (QED) is 0.909. The summed E-state index contributed by atoms with van der Waals surface area (Å²) < 4.78 is 13.1. The first-order valence-electron chi connectivity index (χ1n) is 7.84. The summed E-state index contributed by atoms with van der Waals surface area (Å²) in [5, 5.41) is 2.55. The molecule has 0 saturated heterocycles. The highest BCUT2D eigenvalue weighted by Crippen LogP contribution is 2.24. The van der Waals surface area contributed by atoms with E-state index in [1.807, 2.05) is 0 Å². The van der Waals surface area contributed by atoms with E-state index in [4.69, 9.17) is 0 Å². The van der Waals surface area contributed by atoms with Crippen LogP contribution in [0.25, 0.3) is 0 Å². The molecule has 0 spiro atoms. The van der Waals surface area contributed by atoms with E-state index in [2.05, 4.69) is 5.32 Å². The summed E-state index contributed by atoms with van der Waals surface area (Å²) in [4.78, 5) is 25.6. The standard InChI is InChI=1S/C17H23FN2O2/c1-20(12-13-6-3-2-4-7-13)16(21)11-19-17(22)14-8-5-9-15(18)10-14/h5,8-10,13H,2-4,6-7,11-12H2,1H3,(H,19,22). The van der Waals surface area contributed by atoms with E-state index in [1.165, 1.54) is 50.3 Å². The van der Waals surface area contributed by atoms with Gasteiger partial charge in [0.2, 0.25) is 5.91 Å². The molecule has 5 heteroatoms. The highest BCUT2D eigenvalue weighted by molar-refractivity contribution is 5.96. The van der Waals surface area contributed by atoms with Crippen molar-refractivity contribution in [2.45, 2.75) is 32.1 Å². The number of amides is 2. The third-order valence-electron chi connectivity index (χ3n) is 4.17. The molecule has 1 N–H and O–H groups in total. The number of nitrogens with one attached hydrogen (secondary N) is 1. The van der Waals surface area contributed by atoms with Gasteiger partial charge < -0.3 is 10.2 Å². The molecule has 0 aromatic heterocycles. The van der Waals surface area contributed by atoms with Crippen molar-refractivity contribution in [1.82, 2.24) is 10.2 Å². The fourth-order valence-electron chi connectivity index (χ4n) is 2.88. The molecular formula is C17H23FN2O2.